The Balaban J connectivity index is 2.41. The van der Waals surface area contributed by atoms with Gasteiger partial charge in [0.1, 0.15) is 0 Å². The number of hydrogen-bond acceptors (Lipinski definition) is 0. The Labute approximate surface area is 104 Å². The third-order valence-corrected chi connectivity index (χ3v) is 13.3. The van der Waals surface area contributed by atoms with E-state index in [-0.39, 0.29) is 11.6 Å². The van der Waals surface area contributed by atoms with Gasteiger partial charge in [-0.25, -0.2) is 0 Å². The molecule has 0 radical (unpaired) electrons. The monoisotopic (exact) mass is 340 g/mol. The van der Waals surface area contributed by atoms with Crippen LogP contribution < -0.4 is 7.16 Å². The Hall–Kier alpha value is -0.901. The maximum absolute atomic E-state index is 12.9. The molecule has 0 aliphatic carbocycles. The molecule has 17 heavy (non-hydrogen) atoms. The number of halogens is 2. The summed E-state index contributed by atoms with van der Waals surface area (Å²) in [6.07, 6.45) is 0. The molecule has 0 atom stereocenters. The van der Waals surface area contributed by atoms with E-state index in [4.69, 9.17) is 0 Å². The van der Waals surface area contributed by atoms with Crippen molar-refractivity contribution in [1.29, 1.82) is 0 Å². The van der Waals surface area contributed by atoms with Crippen molar-refractivity contribution in [1.82, 2.24) is 0 Å². The molecular formula is C14H14F2Sn. The van der Waals surface area contributed by atoms with Crippen molar-refractivity contribution in [3.8, 4) is 0 Å². The van der Waals surface area contributed by atoms with E-state index < -0.39 is 18.4 Å². The van der Waals surface area contributed by atoms with Crippen LogP contribution in [0.1, 0.15) is 0 Å². The second-order valence-corrected chi connectivity index (χ2v) is 17.2. The molecule has 0 nitrogen and oxygen atoms in total. The first-order chi connectivity index (χ1) is 8.00. The molecule has 0 amide bonds. The number of hydrogen-bond donors (Lipinski definition) is 0. The van der Waals surface area contributed by atoms with Crippen LogP contribution in [0.2, 0.25) is 9.88 Å². The Morgan fingerprint density at radius 1 is 0.647 bits per heavy atom. The minimum atomic E-state index is -2.64. The van der Waals surface area contributed by atoms with Gasteiger partial charge in [-0.05, 0) is 0 Å². The summed E-state index contributed by atoms with van der Waals surface area (Å²) in [4.78, 5) is 4.49. The fourth-order valence-electron chi connectivity index (χ4n) is 1.90. The Morgan fingerprint density at radius 3 is 1.24 bits per heavy atom. The van der Waals surface area contributed by atoms with Gasteiger partial charge in [0, 0.05) is 0 Å². The fraction of sp³-hybridized carbons (Fsp3) is 0.143. The molecule has 0 aliphatic rings. The van der Waals surface area contributed by atoms with Gasteiger partial charge in [-0.2, -0.15) is 0 Å². The van der Waals surface area contributed by atoms with Crippen LogP contribution >= 0.6 is 0 Å². The second kappa shape index (κ2) is 4.76. The zero-order chi connectivity index (χ0) is 12.5. The van der Waals surface area contributed by atoms with E-state index in [0.717, 1.165) is 0 Å². The van der Waals surface area contributed by atoms with Crippen molar-refractivity contribution in [3.63, 3.8) is 0 Å². The molecule has 0 fully saturated rings. The normalized spacial score (nSPS) is 11.5. The van der Waals surface area contributed by atoms with Crippen LogP contribution in [-0.2, 0) is 0 Å². The van der Waals surface area contributed by atoms with Crippen LogP contribution in [0.15, 0.2) is 48.5 Å². The predicted octanol–water partition coefficient (Wildman–Crippen LogP) is 2.79. The van der Waals surface area contributed by atoms with Crippen LogP contribution in [0.5, 0.6) is 0 Å². The molecule has 88 valence electrons. The second-order valence-electron chi connectivity index (χ2n) is 4.64. The van der Waals surface area contributed by atoms with Crippen LogP contribution in [-0.4, -0.2) is 18.4 Å². The van der Waals surface area contributed by atoms with Gasteiger partial charge in [0.15, 0.2) is 0 Å². The van der Waals surface area contributed by atoms with Gasteiger partial charge < -0.3 is 0 Å². The molecule has 2 rings (SSSR count). The van der Waals surface area contributed by atoms with Gasteiger partial charge in [-0.1, -0.05) is 0 Å². The molecule has 0 aromatic heterocycles. The van der Waals surface area contributed by atoms with Gasteiger partial charge in [0.25, 0.3) is 0 Å². The SMILES string of the molecule is [CH3][Sn]([CH3])([c]1ccc(F)cc1)[c]1ccc(F)cc1. The molecule has 0 heterocycles. The third kappa shape index (κ3) is 2.68. The van der Waals surface area contributed by atoms with E-state index in [9.17, 15) is 8.78 Å². The molecule has 0 unspecified atom stereocenters. The molecule has 2 aromatic rings. The molecule has 0 N–H and O–H groups in total. The van der Waals surface area contributed by atoms with Crippen LogP contribution in [0.25, 0.3) is 0 Å². The fourth-order valence-corrected chi connectivity index (χ4v) is 8.56. The summed E-state index contributed by atoms with van der Waals surface area (Å²) in [5.41, 5.74) is 0. The summed E-state index contributed by atoms with van der Waals surface area (Å²) < 4.78 is 28.2. The van der Waals surface area contributed by atoms with E-state index >= 15 is 0 Å². The Kier molecular flexibility index (Phi) is 3.52. The summed E-state index contributed by atoms with van der Waals surface area (Å²) in [5.74, 6) is -0.426. The first-order valence-corrected chi connectivity index (χ1v) is 14.1. The van der Waals surface area contributed by atoms with Gasteiger partial charge >= 0.3 is 104 Å². The molecule has 2 aromatic carbocycles. The molecule has 0 aliphatic heterocycles. The Bertz CT molecular complexity index is 453. The van der Waals surface area contributed by atoms with Crippen molar-refractivity contribution in [2.45, 2.75) is 9.88 Å². The average molecular weight is 339 g/mol. The van der Waals surface area contributed by atoms with Crippen molar-refractivity contribution in [2.24, 2.45) is 0 Å². The number of rotatable bonds is 2. The first-order valence-electron chi connectivity index (χ1n) is 5.52. The molecule has 3 heteroatoms. The molecular weight excluding hydrogens is 325 g/mol. The van der Waals surface area contributed by atoms with E-state index in [1.807, 2.05) is 24.3 Å². The summed E-state index contributed by atoms with van der Waals surface area (Å²) in [7, 11) is 0. The average Bonchev–Trinajstić information content (AvgIpc) is 2.30. The van der Waals surface area contributed by atoms with Crippen LogP contribution in [0.4, 0.5) is 8.78 Å². The Morgan fingerprint density at radius 2 is 0.941 bits per heavy atom. The van der Waals surface area contributed by atoms with E-state index in [2.05, 4.69) is 9.88 Å². The van der Waals surface area contributed by atoms with E-state index in [1.54, 1.807) is 0 Å². The van der Waals surface area contributed by atoms with Gasteiger partial charge in [-0.15, -0.1) is 0 Å². The third-order valence-electron chi connectivity index (χ3n) is 3.13. The van der Waals surface area contributed by atoms with Crippen molar-refractivity contribution < 1.29 is 8.78 Å². The molecule has 0 saturated heterocycles. The first kappa shape index (κ1) is 12.6. The predicted molar refractivity (Wildman–Crippen MR) is 69.6 cm³/mol. The minimum absolute atomic E-state index is 0.213. The molecule has 0 spiro atoms. The number of benzene rings is 2. The summed E-state index contributed by atoms with van der Waals surface area (Å²) in [6, 6.07) is 13.4. The summed E-state index contributed by atoms with van der Waals surface area (Å²) >= 11 is -2.64. The maximum atomic E-state index is 12.9. The molecule has 0 saturated carbocycles. The quantitative estimate of drug-likeness (QED) is 0.739. The zero-order valence-corrected chi connectivity index (χ0v) is 12.7. The van der Waals surface area contributed by atoms with Crippen LogP contribution in [0.3, 0.4) is 0 Å². The van der Waals surface area contributed by atoms with Crippen molar-refractivity contribution >= 4 is 25.5 Å². The van der Waals surface area contributed by atoms with Gasteiger partial charge in [-0.3, -0.25) is 0 Å². The molecule has 0 bridgehead atoms. The van der Waals surface area contributed by atoms with Gasteiger partial charge in [0.05, 0.1) is 0 Å². The van der Waals surface area contributed by atoms with E-state index in [0.29, 0.717) is 0 Å². The van der Waals surface area contributed by atoms with Crippen molar-refractivity contribution in [3.05, 3.63) is 60.2 Å². The van der Waals surface area contributed by atoms with Crippen LogP contribution in [0, 0.1) is 11.6 Å². The summed E-state index contributed by atoms with van der Waals surface area (Å²) in [5, 5.41) is 0. The standard InChI is InChI=1S/2C6H4F.2CH3.Sn/c2*7-6-4-2-1-3-5-6;;;/h2*2-5H;2*1H3;. The topological polar surface area (TPSA) is 0 Å². The zero-order valence-electron chi connectivity index (χ0n) is 9.87. The van der Waals surface area contributed by atoms with E-state index in [1.165, 1.54) is 31.4 Å². The van der Waals surface area contributed by atoms with Crippen molar-refractivity contribution in [2.75, 3.05) is 0 Å². The van der Waals surface area contributed by atoms with Gasteiger partial charge in [0.2, 0.25) is 0 Å². The summed E-state index contributed by atoms with van der Waals surface area (Å²) in [6.45, 7) is 0.